The lowest BCUT2D eigenvalue weighted by Crippen LogP contribution is -2.29. The number of nitrogens with two attached hydrogens (primary N) is 1. The molecule has 5 heteroatoms. The van der Waals surface area contributed by atoms with Gasteiger partial charge in [0.1, 0.15) is 0 Å². The Morgan fingerprint density at radius 1 is 1.35 bits per heavy atom. The van der Waals surface area contributed by atoms with Gasteiger partial charge in [-0.3, -0.25) is 9.78 Å². The van der Waals surface area contributed by atoms with E-state index in [9.17, 15) is 4.79 Å². The first-order valence-corrected chi connectivity index (χ1v) is 7.07. The molecule has 1 heterocycles. The molecule has 1 aromatic carbocycles. The first-order valence-electron chi connectivity index (χ1n) is 6.28. The van der Waals surface area contributed by atoms with Crippen LogP contribution in [0, 0.1) is 0 Å². The molecule has 0 atom stereocenters. The van der Waals surface area contributed by atoms with E-state index in [1.807, 2.05) is 18.2 Å². The number of likely N-dealkylation sites (N-methyl/N-ethyl adjacent to an activating group) is 1. The molecule has 0 saturated carbocycles. The maximum atomic E-state index is 12.3. The van der Waals surface area contributed by atoms with Crippen LogP contribution in [-0.2, 0) is 6.42 Å². The van der Waals surface area contributed by atoms with Gasteiger partial charge in [-0.25, -0.2) is 0 Å². The number of carbonyl (C=O) groups is 1. The standard InChI is InChI=1S/C15H16BrN3O/c1-19(9-7-12-4-2-3-8-18-12)15(20)11-5-6-13(16)14(17)10-11/h2-6,8,10H,7,9,17H2,1H3. The van der Waals surface area contributed by atoms with Gasteiger partial charge in [-0.15, -0.1) is 0 Å². The lowest BCUT2D eigenvalue weighted by Gasteiger charge is -2.17. The number of anilines is 1. The third-order valence-corrected chi connectivity index (χ3v) is 3.74. The Kier molecular flexibility index (Phi) is 4.74. The van der Waals surface area contributed by atoms with E-state index >= 15 is 0 Å². The molecule has 0 aliphatic heterocycles. The Bertz CT molecular complexity index is 601. The third kappa shape index (κ3) is 3.57. The van der Waals surface area contributed by atoms with Crippen molar-refractivity contribution in [3.63, 3.8) is 0 Å². The summed E-state index contributed by atoms with van der Waals surface area (Å²) in [6.45, 7) is 0.617. The molecule has 1 amide bonds. The summed E-state index contributed by atoms with van der Waals surface area (Å²) in [6.07, 6.45) is 2.49. The smallest absolute Gasteiger partial charge is 0.253 e. The van der Waals surface area contributed by atoms with Crippen molar-refractivity contribution in [3.05, 3.63) is 58.3 Å². The Morgan fingerprint density at radius 3 is 2.80 bits per heavy atom. The number of hydrogen-bond donors (Lipinski definition) is 1. The van der Waals surface area contributed by atoms with Crippen LogP contribution in [-0.4, -0.2) is 29.4 Å². The van der Waals surface area contributed by atoms with Crippen LogP contribution in [0.4, 0.5) is 5.69 Å². The summed E-state index contributed by atoms with van der Waals surface area (Å²) in [4.78, 5) is 18.2. The van der Waals surface area contributed by atoms with Crippen LogP contribution >= 0.6 is 15.9 Å². The molecule has 0 saturated heterocycles. The van der Waals surface area contributed by atoms with Gasteiger partial charge in [-0.2, -0.15) is 0 Å². The molecule has 4 nitrogen and oxygen atoms in total. The van der Waals surface area contributed by atoms with Crippen LogP contribution in [0.1, 0.15) is 16.1 Å². The molecular formula is C15H16BrN3O. The number of amides is 1. The molecule has 0 unspecified atom stereocenters. The summed E-state index contributed by atoms with van der Waals surface area (Å²) < 4.78 is 0.796. The quantitative estimate of drug-likeness (QED) is 0.875. The van der Waals surface area contributed by atoms with Crippen molar-refractivity contribution in [2.45, 2.75) is 6.42 Å². The Hall–Kier alpha value is -1.88. The van der Waals surface area contributed by atoms with Crippen LogP contribution in [0.3, 0.4) is 0 Å². The SMILES string of the molecule is CN(CCc1ccccn1)C(=O)c1ccc(Br)c(N)c1. The highest BCUT2D eigenvalue weighted by molar-refractivity contribution is 9.10. The third-order valence-electron chi connectivity index (χ3n) is 3.02. The lowest BCUT2D eigenvalue weighted by atomic mass is 10.1. The van der Waals surface area contributed by atoms with E-state index in [2.05, 4.69) is 20.9 Å². The number of rotatable bonds is 4. The second-order valence-corrected chi connectivity index (χ2v) is 5.39. The maximum absolute atomic E-state index is 12.3. The minimum absolute atomic E-state index is 0.0415. The second-order valence-electron chi connectivity index (χ2n) is 4.53. The average molecular weight is 334 g/mol. The van der Waals surface area contributed by atoms with E-state index < -0.39 is 0 Å². The monoisotopic (exact) mass is 333 g/mol. The van der Waals surface area contributed by atoms with Gasteiger partial charge in [0.25, 0.3) is 5.91 Å². The Labute approximate surface area is 126 Å². The molecule has 2 aromatic rings. The zero-order valence-electron chi connectivity index (χ0n) is 11.2. The first kappa shape index (κ1) is 14.5. The van der Waals surface area contributed by atoms with Crippen LogP contribution in [0.5, 0.6) is 0 Å². The zero-order chi connectivity index (χ0) is 14.5. The number of halogens is 1. The lowest BCUT2D eigenvalue weighted by molar-refractivity contribution is 0.0796. The van der Waals surface area contributed by atoms with Crippen molar-refractivity contribution in [2.75, 3.05) is 19.3 Å². The fourth-order valence-electron chi connectivity index (χ4n) is 1.83. The maximum Gasteiger partial charge on any atom is 0.253 e. The van der Waals surface area contributed by atoms with Crippen LogP contribution in [0.25, 0.3) is 0 Å². The highest BCUT2D eigenvalue weighted by Gasteiger charge is 2.12. The number of aromatic nitrogens is 1. The fraction of sp³-hybridized carbons (Fsp3) is 0.200. The van der Waals surface area contributed by atoms with E-state index in [0.29, 0.717) is 17.8 Å². The molecule has 0 aliphatic carbocycles. The molecule has 0 fully saturated rings. The Morgan fingerprint density at radius 2 is 2.15 bits per heavy atom. The molecule has 0 aliphatic rings. The van der Waals surface area contributed by atoms with Gasteiger partial charge in [0.15, 0.2) is 0 Å². The normalized spacial score (nSPS) is 10.3. The predicted molar refractivity (Wildman–Crippen MR) is 83.5 cm³/mol. The summed E-state index contributed by atoms with van der Waals surface area (Å²) in [5.74, 6) is -0.0415. The van der Waals surface area contributed by atoms with E-state index in [0.717, 1.165) is 16.6 Å². The largest absolute Gasteiger partial charge is 0.398 e. The van der Waals surface area contributed by atoms with Crippen molar-refractivity contribution in [2.24, 2.45) is 0 Å². The van der Waals surface area contributed by atoms with E-state index in [4.69, 9.17) is 5.73 Å². The van der Waals surface area contributed by atoms with Gasteiger partial charge < -0.3 is 10.6 Å². The number of pyridine rings is 1. The minimum atomic E-state index is -0.0415. The molecule has 2 N–H and O–H groups in total. The van der Waals surface area contributed by atoms with Crippen molar-refractivity contribution in [3.8, 4) is 0 Å². The van der Waals surface area contributed by atoms with Gasteiger partial charge in [-0.1, -0.05) is 6.07 Å². The molecule has 104 valence electrons. The van der Waals surface area contributed by atoms with Gasteiger partial charge in [0, 0.05) is 47.6 Å². The van der Waals surface area contributed by atoms with Gasteiger partial charge >= 0.3 is 0 Å². The van der Waals surface area contributed by atoms with Crippen molar-refractivity contribution >= 4 is 27.5 Å². The second kappa shape index (κ2) is 6.52. The summed E-state index contributed by atoms with van der Waals surface area (Å²) in [7, 11) is 1.78. The number of nitrogens with zero attached hydrogens (tertiary/aromatic N) is 2. The summed E-state index contributed by atoms with van der Waals surface area (Å²) >= 11 is 3.32. The highest BCUT2D eigenvalue weighted by atomic mass is 79.9. The van der Waals surface area contributed by atoms with Crippen molar-refractivity contribution < 1.29 is 4.79 Å². The van der Waals surface area contributed by atoms with E-state index in [1.54, 1.807) is 36.3 Å². The summed E-state index contributed by atoms with van der Waals surface area (Å²) in [6, 6.07) is 11.0. The number of hydrogen-bond acceptors (Lipinski definition) is 3. The molecule has 0 bridgehead atoms. The first-order chi connectivity index (χ1) is 9.58. The van der Waals surface area contributed by atoms with Crippen LogP contribution in [0.15, 0.2) is 47.1 Å². The molecule has 20 heavy (non-hydrogen) atoms. The van der Waals surface area contributed by atoms with Gasteiger partial charge in [0.05, 0.1) is 0 Å². The Balaban J connectivity index is 1.99. The predicted octanol–water partition coefficient (Wildman–Crippen LogP) is 2.74. The van der Waals surface area contributed by atoms with Crippen LogP contribution < -0.4 is 5.73 Å². The van der Waals surface area contributed by atoms with Crippen molar-refractivity contribution in [1.82, 2.24) is 9.88 Å². The van der Waals surface area contributed by atoms with Gasteiger partial charge in [0.2, 0.25) is 0 Å². The van der Waals surface area contributed by atoms with E-state index in [1.165, 1.54) is 0 Å². The topological polar surface area (TPSA) is 59.2 Å². The van der Waals surface area contributed by atoms with Crippen LogP contribution in [0.2, 0.25) is 0 Å². The van der Waals surface area contributed by atoms with E-state index in [-0.39, 0.29) is 5.91 Å². The average Bonchev–Trinajstić information content (AvgIpc) is 2.48. The fourth-order valence-corrected chi connectivity index (χ4v) is 2.07. The molecular weight excluding hydrogens is 318 g/mol. The van der Waals surface area contributed by atoms with Gasteiger partial charge in [-0.05, 0) is 46.3 Å². The summed E-state index contributed by atoms with van der Waals surface area (Å²) in [5, 5.41) is 0. The minimum Gasteiger partial charge on any atom is -0.398 e. The number of benzene rings is 1. The number of carbonyl (C=O) groups excluding carboxylic acids is 1. The van der Waals surface area contributed by atoms with Crippen molar-refractivity contribution in [1.29, 1.82) is 0 Å². The molecule has 1 aromatic heterocycles. The zero-order valence-corrected chi connectivity index (χ0v) is 12.8. The summed E-state index contributed by atoms with van der Waals surface area (Å²) in [5.41, 5.74) is 7.93. The molecule has 2 rings (SSSR count). The highest BCUT2D eigenvalue weighted by Crippen LogP contribution is 2.20. The molecule has 0 radical (unpaired) electrons. The number of nitrogen functional groups attached to an aromatic ring is 1. The molecule has 0 spiro atoms.